The number of anilines is 2. The Morgan fingerprint density at radius 2 is 2.09 bits per heavy atom. The summed E-state index contributed by atoms with van der Waals surface area (Å²) in [6.45, 7) is 3.90. The normalized spacial score (nSPS) is 12.8. The van der Waals surface area contributed by atoms with Crippen LogP contribution in [0.2, 0.25) is 0 Å². The van der Waals surface area contributed by atoms with Crippen molar-refractivity contribution in [2.24, 2.45) is 0 Å². The molecule has 0 saturated carbocycles. The Labute approximate surface area is 142 Å². The summed E-state index contributed by atoms with van der Waals surface area (Å²) in [6, 6.07) is 12.1. The summed E-state index contributed by atoms with van der Waals surface area (Å²) in [5, 5.41) is 2.71. The van der Waals surface area contributed by atoms with E-state index in [-0.39, 0.29) is 12.4 Å². The van der Waals surface area contributed by atoms with Gasteiger partial charge in [-0.25, -0.2) is 9.78 Å². The number of pyridine rings is 1. The number of aromatic nitrogens is 1. The van der Waals surface area contributed by atoms with Gasteiger partial charge in [-0.3, -0.25) is 5.32 Å². The van der Waals surface area contributed by atoms with Crippen molar-refractivity contribution in [1.29, 1.82) is 0 Å². The quantitative estimate of drug-likeness (QED) is 0.931. The topological polar surface area (TPSA) is 54.5 Å². The third-order valence-electron chi connectivity index (χ3n) is 3.72. The van der Waals surface area contributed by atoms with Gasteiger partial charge >= 0.3 is 6.09 Å². The van der Waals surface area contributed by atoms with Crippen molar-refractivity contribution < 1.29 is 9.53 Å². The van der Waals surface area contributed by atoms with E-state index in [1.54, 1.807) is 19.2 Å². The predicted octanol–water partition coefficient (Wildman–Crippen LogP) is 3.63. The molecule has 0 aliphatic carbocycles. The third kappa shape index (κ3) is 4.13. The summed E-state index contributed by atoms with van der Waals surface area (Å²) < 4.78 is 4.89. The molecule has 0 radical (unpaired) electrons. The van der Waals surface area contributed by atoms with Crippen molar-refractivity contribution in [3.63, 3.8) is 0 Å². The maximum Gasteiger partial charge on any atom is 0.411 e. The van der Waals surface area contributed by atoms with E-state index in [0.717, 1.165) is 25.3 Å². The minimum Gasteiger partial charge on any atom is -0.450 e. The summed E-state index contributed by atoms with van der Waals surface area (Å²) in [5.74, 6) is 0.865. The second kappa shape index (κ2) is 7.83. The fraction of sp³-hybridized carbons (Fsp3) is 0.294. The Hall–Kier alpha value is -2.27. The van der Waals surface area contributed by atoms with E-state index in [1.165, 1.54) is 11.1 Å². The zero-order chi connectivity index (χ0) is 15.4. The van der Waals surface area contributed by atoms with Gasteiger partial charge in [0.15, 0.2) is 0 Å². The average molecular weight is 334 g/mol. The highest BCUT2D eigenvalue weighted by atomic mass is 35.5. The number of rotatable bonds is 3. The zero-order valence-corrected chi connectivity index (χ0v) is 13.8. The van der Waals surface area contributed by atoms with E-state index in [0.29, 0.717) is 12.3 Å². The van der Waals surface area contributed by atoms with Gasteiger partial charge < -0.3 is 9.64 Å². The van der Waals surface area contributed by atoms with Crippen molar-refractivity contribution in [3.05, 3.63) is 53.7 Å². The molecule has 1 N–H and O–H groups in total. The molecule has 6 heteroatoms. The number of ether oxygens (including phenoxy) is 1. The molecule has 1 aromatic heterocycles. The Kier molecular flexibility index (Phi) is 5.82. The molecule has 1 aliphatic rings. The van der Waals surface area contributed by atoms with Crippen LogP contribution in [0, 0.1) is 0 Å². The van der Waals surface area contributed by atoms with Crippen LogP contribution in [-0.2, 0) is 17.7 Å². The number of nitrogens with one attached hydrogen (secondary N) is 1. The number of carbonyl (C=O) groups excluding carboxylic acids is 1. The predicted molar refractivity (Wildman–Crippen MR) is 93.3 cm³/mol. The van der Waals surface area contributed by atoms with Crippen molar-refractivity contribution in [2.75, 3.05) is 23.4 Å². The summed E-state index contributed by atoms with van der Waals surface area (Å²) in [6.07, 6.45) is 2.27. The molecule has 2 heterocycles. The van der Waals surface area contributed by atoms with Crippen LogP contribution in [-0.4, -0.2) is 24.2 Å². The van der Waals surface area contributed by atoms with Crippen molar-refractivity contribution >= 4 is 30.0 Å². The maximum atomic E-state index is 11.5. The first-order valence-electron chi connectivity index (χ1n) is 7.48. The Bertz CT molecular complexity index is 678. The minimum atomic E-state index is -0.441. The molecule has 23 heavy (non-hydrogen) atoms. The highest BCUT2D eigenvalue weighted by molar-refractivity contribution is 5.85. The Morgan fingerprint density at radius 1 is 1.30 bits per heavy atom. The molecule has 0 atom stereocenters. The molecule has 1 aliphatic heterocycles. The third-order valence-corrected chi connectivity index (χ3v) is 3.72. The van der Waals surface area contributed by atoms with Crippen molar-refractivity contribution in [2.45, 2.75) is 19.9 Å². The van der Waals surface area contributed by atoms with Crippen LogP contribution >= 0.6 is 12.4 Å². The number of nitrogens with zero attached hydrogens (tertiary/aromatic N) is 2. The van der Waals surface area contributed by atoms with Crippen LogP contribution in [0.25, 0.3) is 0 Å². The van der Waals surface area contributed by atoms with Gasteiger partial charge in [-0.1, -0.05) is 24.3 Å². The number of benzene rings is 1. The average Bonchev–Trinajstić information content (AvgIpc) is 2.55. The highest BCUT2D eigenvalue weighted by Gasteiger charge is 2.17. The second-order valence-electron chi connectivity index (χ2n) is 5.19. The van der Waals surface area contributed by atoms with E-state index in [2.05, 4.69) is 39.5 Å². The smallest absolute Gasteiger partial charge is 0.411 e. The molecular formula is C17H20ClN3O2. The summed E-state index contributed by atoms with van der Waals surface area (Å²) in [7, 11) is 0. The molecule has 1 aromatic carbocycles. The second-order valence-corrected chi connectivity index (χ2v) is 5.19. The molecule has 3 rings (SSSR count). The van der Waals surface area contributed by atoms with Gasteiger partial charge in [-0.15, -0.1) is 12.4 Å². The highest BCUT2D eigenvalue weighted by Crippen LogP contribution is 2.24. The SMILES string of the molecule is CCOC(=O)Nc1ccnc(N2CCc3ccccc3C2)c1.Cl. The lowest BCUT2D eigenvalue weighted by Gasteiger charge is -2.30. The van der Waals surface area contributed by atoms with E-state index < -0.39 is 6.09 Å². The van der Waals surface area contributed by atoms with Gasteiger partial charge in [0.2, 0.25) is 0 Å². The van der Waals surface area contributed by atoms with E-state index in [9.17, 15) is 4.79 Å². The first kappa shape index (κ1) is 17.1. The largest absolute Gasteiger partial charge is 0.450 e. The van der Waals surface area contributed by atoms with Gasteiger partial charge in [0.1, 0.15) is 5.82 Å². The van der Waals surface area contributed by atoms with Crippen LogP contribution in [0.15, 0.2) is 42.6 Å². The summed E-state index contributed by atoms with van der Waals surface area (Å²) in [4.78, 5) is 18.1. The molecule has 0 saturated heterocycles. The maximum absolute atomic E-state index is 11.5. The van der Waals surface area contributed by atoms with Crippen molar-refractivity contribution in [3.8, 4) is 0 Å². The molecule has 0 fully saturated rings. The Morgan fingerprint density at radius 3 is 2.87 bits per heavy atom. The minimum absolute atomic E-state index is 0. The fourth-order valence-electron chi connectivity index (χ4n) is 2.65. The van der Waals surface area contributed by atoms with Crippen LogP contribution < -0.4 is 10.2 Å². The van der Waals surface area contributed by atoms with E-state index in [1.807, 2.05) is 6.07 Å². The van der Waals surface area contributed by atoms with Crippen LogP contribution in [0.3, 0.4) is 0 Å². The molecule has 122 valence electrons. The zero-order valence-electron chi connectivity index (χ0n) is 13.0. The Balaban J connectivity index is 0.00000192. The first-order valence-corrected chi connectivity index (χ1v) is 7.48. The molecule has 5 nitrogen and oxygen atoms in total. The van der Waals surface area contributed by atoms with Crippen LogP contribution in [0.1, 0.15) is 18.1 Å². The number of carbonyl (C=O) groups is 1. The number of halogens is 1. The molecule has 2 aromatic rings. The lowest BCUT2D eigenvalue weighted by atomic mass is 10.00. The van der Waals surface area contributed by atoms with Crippen molar-refractivity contribution in [1.82, 2.24) is 4.98 Å². The summed E-state index contributed by atoms with van der Waals surface area (Å²) in [5.41, 5.74) is 3.43. The lowest BCUT2D eigenvalue weighted by Crippen LogP contribution is -2.31. The lowest BCUT2D eigenvalue weighted by molar-refractivity contribution is 0.168. The molecule has 0 bridgehead atoms. The number of hydrogen-bond acceptors (Lipinski definition) is 4. The molecular weight excluding hydrogens is 314 g/mol. The van der Waals surface area contributed by atoms with E-state index >= 15 is 0 Å². The monoisotopic (exact) mass is 333 g/mol. The van der Waals surface area contributed by atoms with Gasteiger partial charge in [-0.2, -0.15) is 0 Å². The number of hydrogen-bond donors (Lipinski definition) is 1. The molecule has 0 unspecified atom stereocenters. The fourth-order valence-corrected chi connectivity index (χ4v) is 2.65. The first-order chi connectivity index (χ1) is 10.8. The molecule has 0 spiro atoms. The van der Waals surface area contributed by atoms with Gasteiger partial charge in [-0.05, 0) is 30.5 Å². The van der Waals surface area contributed by atoms with Gasteiger partial charge in [0.05, 0.1) is 6.61 Å². The van der Waals surface area contributed by atoms with Gasteiger partial charge in [0.25, 0.3) is 0 Å². The van der Waals surface area contributed by atoms with E-state index in [4.69, 9.17) is 4.74 Å². The molecule has 1 amide bonds. The van der Waals surface area contributed by atoms with Crippen LogP contribution in [0.4, 0.5) is 16.3 Å². The number of amides is 1. The van der Waals surface area contributed by atoms with Gasteiger partial charge in [0, 0.05) is 31.0 Å². The standard InChI is InChI=1S/C17H19N3O2.ClH/c1-2-22-17(21)19-15-7-9-18-16(11-15)20-10-8-13-5-3-4-6-14(13)12-20;/h3-7,9,11H,2,8,10,12H2,1H3,(H,18,19,21);1H. The summed E-state index contributed by atoms with van der Waals surface area (Å²) >= 11 is 0. The number of fused-ring (bicyclic) bond motifs is 1. The van der Waals surface area contributed by atoms with Crippen LogP contribution in [0.5, 0.6) is 0 Å².